The number of carbonyl (C=O) groups is 1. The highest BCUT2D eigenvalue weighted by Gasteiger charge is 2.22. The van der Waals surface area contributed by atoms with Crippen molar-refractivity contribution in [1.82, 2.24) is 10.3 Å². The van der Waals surface area contributed by atoms with Crippen LogP contribution < -0.4 is 5.32 Å². The molecule has 24 heavy (non-hydrogen) atoms. The molecular weight excluding hydrogens is 305 g/mol. The molecule has 124 valence electrons. The van der Waals surface area contributed by atoms with Crippen LogP contribution in [0.15, 0.2) is 59.7 Å². The van der Waals surface area contributed by atoms with Crippen molar-refractivity contribution in [1.29, 1.82) is 0 Å². The van der Waals surface area contributed by atoms with Gasteiger partial charge in [-0.3, -0.25) is 4.79 Å². The van der Waals surface area contributed by atoms with Crippen molar-refractivity contribution in [3.63, 3.8) is 0 Å². The fourth-order valence-electron chi connectivity index (χ4n) is 2.74. The first-order valence-electron chi connectivity index (χ1n) is 8.06. The molecule has 4 nitrogen and oxygen atoms in total. The third kappa shape index (κ3) is 3.68. The number of nitrogens with zero attached hydrogens (tertiary/aromatic N) is 2. The monoisotopic (exact) mass is 325 g/mol. The van der Waals surface area contributed by atoms with Crippen molar-refractivity contribution in [3.05, 3.63) is 71.5 Å². The molecule has 1 N–H and O–H groups in total. The van der Waals surface area contributed by atoms with Gasteiger partial charge in [-0.25, -0.2) is 9.40 Å². The van der Waals surface area contributed by atoms with E-state index in [2.05, 4.69) is 10.4 Å². The Morgan fingerprint density at radius 2 is 1.92 bits per heavy atom. The SMILES string of the molecule is CC(NCC(=O)N1CCC(c2ccccc2)=N1)c1ccccc1F. The van der Waals surface area contributed by atoms with Crippen molar-refractivity contribution >= 4 is 11.6 Å². The van der Waals surface area contributed by atoms with Gasteiger partial charge in [-0.2, -0.15) is 5.10 Å². The number of hydrazone groups is 1. The Kier molecular flexibility index (Phi) is 5.01. The summed E-state index contributed by atoms with van der Waals surface area (Å²) >= 11 is 0. The Balaban J connectivity index is 1.58. The lowest BCUT2D eigenvalue weighted by Gasteiger charge is -2.17. The largest absolute Gasteiger partial charge is 0.302 e. The van der Waals surface area contributed by atoms with Crippen LogP contribution in [0.1, 0.15) is 30.5 Å². The molecule has 0 saturated carbocycles. The molecule has 2 aromatic rings. The average Bonchev–Trinajstić information content (AvgIpc) is 3.11. The van der Waals surface area contributed by atoms with Crippen LogP contribution in [-0.2, 0) is 4.79 Å². The van der Waals surface area contributed by atoms with E-state index in [1.807, 2.05) is 37.3 Å². The molecule has 1 atom stereocenters. The van der Waals surface area contributed by atoms with Crippen LogP contribution in [0.5, 0.6) is 0 Å². The number of rotatable bonds is 5. The topological polar surface area (TPSA) is 44.7 Å². The molecule has 1 aliphatic rings. The number of hydrogen-bond acceptors (Lipinski definition) is 3. The van der Waals surface area contributed by atoms with Crippen molar-refractivity contribution in [2.75, 3.05) is 13.1 Å². The maximum atomic E-state index is 13.7. The van der Waals surface area contributed by atoms with E-state index in [-0.39, 0.29) is 24.3 Å². The maximum Gasteiger partial charge on any atom is 0.256 e. The first-order valence-corrected chi connectivity index (χ1v) is 8.06. The van der Waals surface area contributed by atoms with Crippen LogP contribution in [0.4, 0.5) is 4.39 Å². The molecular formula is C19H20FN3O. The van der Waals surface area contributed by atoms with Crippen LogP contribution in [0.25, 0.3) is 0 Å². The number of hydrogen-bond donors (Lipinski definition) is 1. The summed E-state index contributed by atoms with van der Waals surface area (Å²) < 4.78 is 13.7. The van der Waals surface area contributed by atoms with Gasteiger partial charge in [-0.05, 0) is 18.6 Å². The summed E-state index contributed by atoms with van der Waals surface area (Å²) in [5.74, 6) is -0.375. The molecule has 1 unspecified atom stereocenters. The number of halogens is 1. The summed E-state index contributed by atoms with van der Waals surface area (Å²) in [7, 11) is 0. The fourth-order valence-corrected chi connectivity index (χ4v) is 2.74. The number of amides is 1. The van der Waals surface area contributed by atoms with Gasteiger partial charge < -0.3 is 5.32 Å². The fraction of sp³-hybridized carbons (Fsp3) is 0.263. The third-order valence-electron chi connectivity index (χ3n) is 4.13. The molecule has 1 amide bonds. The van der Waals surface area contributed by atoms with E-state index < -0.39 is 0 Å². The minimum absolute atomic E-state index is 0.107. The standard InChI is InChI=1S/C19H20FN3O/c1-14(16-9-5-6-10-17(16)20)21-13-19(24)23-12-11-18(22-23)15-7-3-2-4-8-15/h2-10,14,21H,11-13H2,1H3. The Hall–Kier alpha value is -2.53. The summed E-state index contributed by atoms with van der Waals surface area (Å²) in [5.41, 5.74) is 2.52. The molecule has 0 spiro atoms. The summed E-state index contributed by atoms with van der Waals surface area (Å²) in [6.45, 7) is 2.55. The Labute approximate surface area is 141 Å². The van der Waals surface area contributed by atoms with Gasteiger partial charge in [-0.1, -0.05) is 48.5 Å². The predicted molar refractivity (Wildman–Crippen MR) is 92.1 cm³/mol. The van der Waals surface area contributed by atoms with Crippen LogP contribution in [0.3, 0.4) is 0 Å². The van der Waals surface area contributed by atoms with E-state index in [4.69, 9.17) is 0 Å². The number of nitrogens with one attached hydrogen (secondary N) is 1. The van der Waals surface area contributed by atoms with Gasteiger partial charge in [0.1, 0.15) is 5.82 Å². The van der Waals surface area contributed by atoms with Crippen LogP contribution in [-0.4, -0.2) is 29.7 Å². The second-order valence-corrected chi connectivity index (χ2v) is 5.80. The average molecular weight is 325 g/mol. The van der Waals surface area contributed by atoms with Gasteiger partial charge in [0.25, 0.3) is 5.91 Å². The van der Waals surface area contributed by atoms with E-state index in [0.29, 0.717) is 12.1 Å². The maximum absolute atomic E-state index is 13.7. The lowest BCUT2D eigenvalue weighted by molar-refractivity contribution is -0.129. The molecule has 2 aromatic carbocycles. The Bertz CT molecular complexity index is 745. The minimum Gasteiger partial charge on any atom is -0.302 e. The van der Waals surface area contributed by atoms with Gasteiger partial charge in [0.15, 0.2) is 0 Å². The van der Waals surface area contributed by atoms with E-state index in [9.17, 15) is 9.18 Å². The predicted octanol–water partition coefficient (Wildman–Crippen LogP) is 3.11. The first kappa shape index (κ1) is 16.3. The van der Waals surface area contributed by atoms with Crippen molar-refractivity contribution < 1.29 is 9.18 Å². The lowest BCUT2D eigenvalue weighted by atomic mass is 10.1. The lowest BCUT2D eigenvalue weighted by Crippen LogP contribution is -2.35. The Morgan fingerprint density at radius 3 is 2.67 bits per heavy atom. The molecule has 5 heteroatoms. The normalized spacial score (nSPS) is 15.2. The van der Waals surface area contributed by atoms with Crippen LogP contribution in [0, 0.1) is 5.82 Å². The molecule has 0 radical (unpaired) electrons. The molecule has 0 aromatic heterocycles. The van der Waals surface area contributed by atoms with Gasteiger partial charge in [0.05, 0.1) is 18.8 Å². The molecule has 1 aliphatic heterocycles. The summed E-state index contributed by atoms with van der Waals surface area (Å²) in [5, 5.41) is 8.97. The van der Waals surface area contributed by atoms with Crippen molar-refractivity contribution in [2.24, 2.45) is 5.10 Å². The number of carbonyl (C=O) groups excluding carboxylic acids is 1. The van der Waals surface area contributed by atoms with Gasteiger partial charge in [-0.15, -0.1) is 0 Å². The second kappa shape index (κ2) is 7.36. The van der Waals surface area contributed by atoms with E-state index in [0.717, 1.165) is 17.7 Å². The van der Waals surface area contributed by atoms with Crippen molar-refractivity contribution in [2.45, 2.75) is 19.4 Å². The summed E-state index contributed by atoms with van der Waals surface area (Å²) in [4.78, 5) is 12.3. The van der Waals surface area contributed by atoms with E-state index >= 15 is 0 Å². The van der Waals surface area contributed by atoms with Crippen LogP contribution >= 0.6 is 0 Å². The molecule has 3 rings (SSSR count). The van der Waals surface area contributed by atoms with E-state index in [1.165, 1.54) is 11.1 Å². The smallest absolute Gasteiger partial charge is 0.256 e. The zero-order valence-electron chi connectivity index (χ0n) is 13.6. The zero-order chi connectivity index (χ0) is 16.9. The molecule has 1 heterocycles. The highest BCUT2D eigenvalue weighted by molar-refractivity contribution is 6.02. The quantitative estimate of drug-likeness (QED) is 0.918. The van der Waals surface area contributed by atoms with Crippen LogP contribution in [0.2, 0.25) is 0 Å². The zero-order valence-corrected chi connectivity index (χ0v) is 13.6. The third-order valence-corrected chi connectivity index (χ3v) is 4.13. The summed E-state index contributed by atoms with van der Waals surface area (Å²) in [6, 6.07) is 16.2. The molecule has 0 saturated heterocycles. The minimum atomic E-state index is -0.268. The highest BCUT2D eigenvalue weighted by Crippen LogP contribution is 2.17. The van der Waals surface area contributed by atoms with Gasteiger partial charge >= 0.3 is 0 Å². The van der Waals surface area contributed by atoms with E-state index in [1.54, 1.807) is 18.2 Å². The molecule has 0 aliphatic carbocycles. The number of benzene rings is 2. The highest BCUT2D eigenvalue weighted by atomic mass is 19.1. The second-order valence-electron chi connectivity index (χ2n) is 5.80. The van der Waals surface area contributed by atoms with Gasteiger partial charge in [0, 0.05) is 18.0 Å². The first-order chi connectivity index (χ1) is 11.6. The summed E-state index contributed by atoms with van der Waals surface area (Å²) in [6.07, 6.45) is 0.749. The Morgan fingerprint density at radius 1 is 1.21 bits per heavy atom. The van der Waals surface area contributed by atoms with Gasteiger partial charge in [0.2, 0.25) is 0 Å². The molecule has 0 fully saturated rings. The molecule has 0 bridgehead atoms. The van der Waals surface area contributed by atoms with Crippen molar-refractivity contribution in [3.8, 4) is 0 Å².